The summed E-state index contributed by atoms with van der Waals surface area (Å²) in [5, 5.41) is 0. The molecule has 1 fully saturated rings. The van der Waals surface area contributed by atoms with Crippen LogP contribution in [0.3, 0.4) is 0 Å². The Morgan fingerprint density at radius 3 is 2.13 bits per heavy atom. The van der Waals surface area contributed by atoms with Gasteiger partial charge in [0.15, 0.2) is 5.96 Å². The van der Waals surface area contributed by atoms with Gasteiger partial charge in [0, 0.05) is 19.6 Å². The maximum atomic E-state index is 6.17. The van der Waals surface area contributed by atoms with Gasteiger partial charge in [-0.2, -0.15) is 0 Å². The predicted octanol–water partition coefficient (Wildman–Crippen LogP) is 3.22. The standard InChI is InChI=1S/C19H32N4/c1-3-22(4-2)16-18-11-9-17(10-12-18)15-21-19(20)23-13-7-5-6-8-14-23/h9-12H,3-8,13-16H2,1-2H3,(H2,20,21). The third kappa shape index (κ3) is 5.87. The van der Waals surface area contributed by atoms with E-state index in [-0.39, 0.29) is 0 Å². The smallest absolute Gasteiger partial charge is 0.191 e. The fraction of sp³-hybridized carbons (Fsp3) is 0.632. The van der Waals surface area contributed by atoms with Gasteiger partial charge in [-0.25, -0.2) is 4.99 Å². The fourth-order valence-corrected chi connectivity index (χ4v) is 3.03. The number of rotatable bonds is 6. The zero-order chi connectivity index (χ0) is 16.5. The van der Waals surface area contributed by atoms with Crippen molar-refractivity contribution in [3.05, 3.63) is 35.4 Å². The van der Waals surface area contributed by atoms with Crippen molar-refractivity contribution in [2.45, 2.75) is 52.6 Å². The molecule has 2 N–H and O–H groups in total. The number of likely N-dealkylation sites (tertiary alicyclic amines) is 1. The van der Waals surface area contributed by atoms with Crippen molar-refractivity contribution < 1.29 is 0 Å². The van der Waals surface area contributed by atoms with E-state index in [4.69, 9.17) is 5.73 Å². The highest BCUT2D eigenvalue weighted by Crippen LogP contribution is 2.11. The summed E-state index contributed by atoms with van der Waals surface area (Å²) in [5.41, 5.74) is 8.76. The lowest BCUT2D eigenvalue weighted by molar-refractivity contribution is 0.296. The summed E-state index contributed by atoms with van der Waals surface area (Å²) in [6.45, 7) is 10.4. The van der Waals surface area contributed by atoms with Gasteiger partial charge in [0.2, 0.25) is 0 Å². The van der Waals surface area contributed by atoms with Gasteiger partial charge in [-0.1, -0.05) is 51.0 Å². The van der Waals surface area contributed by atoms with Crippen LogP contribution in [0.25, 0.3) is 0 Å². The van der Waals surface area contributed by atoms with Crippen LogP contribution in [0.15, 0.2) is 29.3 Å². The molecule has 0 aromatic heterocycles. The second-order valence-electron chi connectivity index (χ2n) is 6.35. The normalized spacial score (nSPS) is 16.7. The lowest BCUT2D eigenvalue weighted by Gasteiger charge is -2.21. The van der Waals surface area contributed by atoms with E-state index in [1.807, 2.05) is 0 Å². The zero-order valence-corrected chi connectivity index (χ0v) is 14.8. The van der Waals surface area contributed by atoms with Crippen molar-refractivity contribution >= 4 is 5.96 Å². The van der Waals surface area contributed by atoms with Gasteiger partial charge in [-0.15, -0.1) is 0 Å². The average molecular weight is 316 g/mol. The summed E-state index contributed by atoms with van der Waals surface area (Å²) in [5.74, 6) is 0.708. The summed E-state index contributed by atoms with van der Waals surface area (Å²) >= 11 is 0. The average Bonchev–Trinajstić information content (AvgIpc) is 2.88. The van der Waals surface area contributed by atoms with E-state index < -0.39 is 0 Å². The number of hydrogen-bond donors (Lipinski definition) is 1. The molecule has 0 spiro atoms. The number of nitrogens with zero attached hydrogens (tertiary/aromatic N) is 3. The van der Waals surface area contributed by atoms with E-state index in [0.29, 0.717) is 12.5 Å². The van der Waals surface area contributed by atoms with Gasteiger partial charge in [0.05, 0.1) is 6.54 Å². The molecular formula is C19H32N4. The molecular weight excluding hydrogens is 284 g/mol. The summed E-state index contributed by atoms with van der Waals surface area (Å²) < 4.78 is 0. The Balaban J connectivity index is 1.88. The molecule has 2 rings (SSSR count). The predicted molar refractivity (Wildman–Crippen MR) is 98.4 cm³/mol. The minimum Gasteiger partial charge on any atom is -0.370 e. The molecule has 0 saturated carbocycles. The first-order valence-corrected chi connectivity index (χ1v) is 9.08. The molecule has 1 saturated heterocycles. The molecule has 1 aromatic carbocycles. The molecule has 1 heterocycles. The molecule has 0 aliphatic carbocycles. The van der Waals surface area contributed by atoms with E-state index in [9.17, 15) is 0 Å². The Morgan fingerprint density at radius 2 is 1.57 bits per heavy atom. The van der Waals surface area contributed by atoms with Crippen LogP contribution in [0, 0.1) is 0 Å². The number of guanidine groups is 1. The van der Waals surface area contributed by atoms with Crippen molar-refractivity contribution in [1.82, 2.24) is 9.80 Å². The highest BCUT2D eigenvalue weighted by molar-refractivity contribution is 5.78. The second kappa shape index (κ2) is 9.56. The Hall–Kier alpha value is -1.55. The maximum Gasteiger partial charge on any atom is 0.191 e. The summed E-state index contributed by atoms with van der Waals surface area (Å²) in [6.07, 6.45) is 5.10. The van der Waals surface area contributed by atoms with Crippen molar-refractivity contribution in [3.63, 3.8) is 0 Å². The Kier molecular flexibility index (Phi) is 7.40. The lowest BCUT2D eigenvalue weighted by Crippen LogP contribution is -2.38. The molecule has 1 aromatic rings. The highest BCUT2D eigenvalue weighted by Gasteiger charge is 2.10. The van der Waals surface area contributed by atoms with Crippen LogP contribution >= 0.6 is 0 Å². The van der Waals surface area contributed by atoms with E-state index in [1.54, 1.807) is 0 Å². The number of aliphatic imine (C=N–C) groups is 1. The molecule has 128 valence electrons. The second-order valence-corrected chi connectivity index (χ2v) is 6.35. The molecule has 1 aliphatic heterocycles. The molecule has 23 heavy (non-hydrogen) atoms. The zero-order valence-electron chi connectivity index (χ0n) is 14.8. The van der Waals surface area contributed by atoms with Gasteiger partial charge in [0.25, 0.3) is 0 Å². The Bertz CT molecular complexity index is 469. The number of benzene rings is 1. The minimum absolute atomic E-state index is 0.674. The Morgan fingerprint density at radius 1 is 1.00 bits per heavy atom. The van der Waals surface area contributed by atoms with Crippen molar-refractivity contribution in [2.75, 3.05) is 26.2 Å². The first-order valence-electron chi connectivity index (χ1n) is 9.08. The van der Waals surface area contributed by atoms with Crippen LogP contribution in [0.4, 0.5) is 0 Å². The van der Waals surface area contributed by atoms with Crippen LogP contribution in [-0.4, -0.2) is 41.9 Å². The summed E-state index contributed by atoms with van der Waals surface area (Å²) in [4.78, 5) is 9.25. The molecule has 0 unspecified atom stereocenters. The largest absolute Gasteiger partial charge is 0.370 e. The van der Waals surface area contributed by atoms with Gasteiger partial charge in [0.1, 0.15) is 0 Å². The lowest BCUT2D eigenvalue weighted by atomic mass is 10.1. The summed E-state index contributed by atoms with van der Waals surface area (Å²) in [7, 11) is 0. The maximum absolute atomic E-state index is 6.17. The molecule has 4 nitrogen and oxygen atoms in total. The van der Waals surface area contributed by atoms with Gasteiger partial charge < -0.3 is 10.6 Å². The highest BCUT2D eigenvalue weighted by atomic mass is 15.2. The SMILES string of the molecule is CCN(CC)Cc1ccc(CN=C(N)N2CCCCCC2)cc1. The van der Waals surface area contributed by atoms with Crippen LogP contribution < -0.4 is 5.73 Å². The van der Waals surface area contributed by atoms with E-state index in [2.05, 4.69) is 52.9 Å². The van der Waals surface area contributed by atoms with Gasteiger partial charge in [-0.3, -0.25) is 4.90 Å². The van der Waals surface area contributed by atoms with E-state index in [0.717, 1.165) is 32.7 Å². The topological polar surface area (TPSA) is 44.9 Å². The van der Waals surface area contributed by atoms with Crippen LogP contribution in [0.2, 0.25) is 0 Å². The van der Waals surface area contributed by atoms with Crippen LogP contribution in [0.1, 0.15) is 50.7 Å². The summed E-state index contributed by atoms with van der Waals surface area (Å²) in [6, 6.07) is 8.78. The number of nitrogens with two attached hydrogens (primary N) is 1. The van der Waals surface area contributed by atoms with Gasteiger partial charge in [-0.05, 0) is 37.1 Å². The van der Waals surface area contributed by atoms with Gasteiger partial charge >= 0.3 is 0 Å². The number of hydrogen-bond acceptors (Lipinski definition) is 2. The molecule has 0 atom stereocenters. The molecule has 1 aliphatic rings. The molecule has 0 bridgehead atoms. The van der Waals surface area contributed by atoms with E-state index in [1.165, 1.54) is 36.8 Å². The molecule has 0 radical (unpaired) electrons. The minimum atomic E-state index is 0.674. The molecule has 4 heteroatoms. The monoisotopic (exact) mass is 316 g/mol. The molecule has 0 amide bonds. The first-order chi connectivity index (χ1) is 11.2. The Labute approximate surface area is 141 Å². The third-order valence-electron chi connectivity index (χ3n) is 4.68. The van der Waals surface area contributed by atoms with Crippen molar-refractivity contribution in [1.29, 1.82) is 0 Å². The third-order valence-corrected chi connectivity index (χ3v) is 4.68. The van der Waals surface area contributed by atoms with Crippen LogP contribution in [-0.2, 0) is 13.1 Å². The fourth-order valence-electron chi connectivity index (χ4n) is 3.03. The van der Waals surface area contributed by atoms with Crippen molar-refractivity contribution in [3.8, 4) is 0 Å². The van der Waals surface area contributed by atoms with Crippen molar-refractivity contribution in [2.24, 2.45) is 10.7 Å². The quantitative estimate of drug-likeness (QED) is 0.647. The first kappa shape index (κ1) is 17.8. The van der Waals surface area contributed by atoms with E-state index >= 15 is 0 Å². The van der Waals surface area contributed by atoms with Crippen LogP contribution in [0.5, 0.6) is 0 Å².